The Balaban J connectivity index is 1.67. The standard InChI is InChI=1S/C17H19Cl2N3O2S/c1-13-3-2-6-20-17(13)21-7-9-22(10-8-21)25(23,24)12-14-4-5-15(18)16(19)11-14/h2-6,11H,7-10,12H2,1H3. The van der Waals surface area contributed by atoms with Gasteiger partial charge in [-0.05, 0) is 36.2 Å². The summed E-state index contributed by atoms with van der Waals surface area (Å²) in [6.45, 7) is 4.14. The smallest absolute Gasteiger partial charge is 0.218 e. The van der Waals surface area contributed by atoms with Crippen LogP contribution in [0.5, 0.6) is 0 Å². The van der Waals surface area contributed by atoms with Crippen molar-refractivity contribution in [3.63, 3.8) is 0 Å². The van der Waals surface area contributed by atoms with Gasteiger partial charge in [-0.3, -0.25) is 0 Å². The van der Waals surface area contributed by atoms with Gasteiger partial charge in [0.2, 0.25) is 10.0 Å². The zero-order chi connectivity index (χ0) is 18.0. The average Bonchev–Trinajstić information content (AvgIpc) is 2.58. The van der Waals surface area contributed by atoms with E-state index in [4.69, 9.17) is 23.2 Å². The van der Waals surface area contributed by atoms with E-state index < -0.39 is 10.0 Å². The fraction of sp³-hybridized carbons (Fsp3) is 0.353. The van der Waals surface area contributed by atoms with Gasteiger partial charge in [0.25, 0.3) is 0 Å². The normalized spacial score (nSPS) is 16.2. The number of benzene rings is 1. The Morgan fingerprint density at radius 3 is 2.44 bits per heavy atom. The number of aromatic nitrogens is 1. The van der Waals surface area contributed by atoms with Crippen molar-refractivity contribution in [1.82, 2.24) is 9.29 Å². The molecular formula is C17H19Cl2N3O2S. The third-order valence-electron chi connectivity index (χ3n) is 4.25. The van der Waals surface area contributed by atoms with Gasteiger partial charge < -0.3 is 4.90 Å². The minimum Gasteiger partial charge on any atom is -0.354 e. The Morgan fingerprint density at radius 2 is 1.80 bits per heavy atom. The highest BCUT2D eigenvalue weighted by molar-refractivity contribution is 7.88. The van der Waals surface area contributed by atoms with Gasteiger partial charge in [-0.2, -0.15) is 4.31 Å². The molecule has 0 spiro atoms. The molecule has 25 heavy (non-hydrogen) atoms. The number of hydrogen-bond donors (Lipinski definition) is 0. The summed E-state index contributed by atoms with van der Waals surface area (Å²) in [7, 11) is -3.40. The highest BCUT2D eigenvalue weighted by Gasteiger charge is 2.28. The van der Waals surface area contributed by atoms with Gasteiger partial charge in [0.1, 0.15) is 5.82 Å². The molecule has 1 aromatic carbocycles. The molecule has 3 rings (SSSR count). The number of pyridine rings is 1. The maximum absolute atomic E-state index is 12.7. The minimum absolute atomic E-state index is 0.0769. The molecule has 0 bridgehead atoms. The van der Waals surface area contributed by atoms with Crippen molar-refractivity contribution in [2.75, 3.05) is 31.1 Å². The number of rotatable bonds is 4. The van der Waals surface area contributed by atoms with Gasteiger partial charge in [-0.15, -0.1) is 0 Å². The van der Waals surface area contributed by atoms with Crippen molar-refractivity contribution in [2.24, 2.45) is 0 Å². The molecule has 5 nitrogen and oxygen atoms in total. The number of piperazine rings is 1. The maximum atomic E-state index is 12.7. The van der Waals surface area contributed by atoms with E-state index in [-0.39, 0.29) is 5.75 Å². The number of anilines is 1. The molecule has 2 heterocycles. The van der Waals surface area contributed by atoms with Crippen LogP contribution in [-0.4, -0.2) is 43.9 Å². The molecule has 0 amide bonds. The van der Waals surface area contributed by atoms with Crippen molar-refractivity contribution in [3.05, 3.63) is 57.7 Å². The second-order valence-electron chi connectivity index (χ2n) is 6.03. The van der Waals surface area contributed by atoms with Crippen molar-refractivity contribution >= 4 is 39.0 Å². The molecule has 0 unspecified atom stereocenters. The number of aryl methyl sites for hydroxylation is 1. The molecule has 0 radical (unpaired) electrons. The zero-order valence-corrected chi connectivity index (χ0v) is 16.2. The molecule has 1 aliphatic heterocycles. The third kappa shape index (κ3) is 4.26. The van der Waals surface area contributed by atoms with Crippen molar-refractivity contribution in [1.29, 1.82) is 0 Å². The SMILES string of the molecule is Cc1cccnc1N1CCN(S(=O)(=O)Cc2ccc(Cl)c(Cl)c2)CC1. The monoisotopic (exact) mass is 399 g/mol. The second-order valence-corrected chi connectivity index (χ2v) is 8.82. The summed E-state index contributed by atoms with van der Waals surface area (Å²) in [6.07, 6.45) is 1.76. The Hall–Kier alpha value is -1.34. The first kappa shape index (κ1) is 18.5. The lowest BCUT2D eigenvalue weighted by Gasteiger charge is -2.35. The molecule has 2 aromatic rings. The van der Waals surface area contributed by atoms with Crippen LogP contribution >= 0.6 is 23.2 Å². The van der Waals surface area contributed by atoms with Crippen LogP contribution in [0.1, 0.15) is 11.1 Å². The molecule has 0 N–H and O–H groups in total. The number of hydrogen-bond acceptors (Lipinski definition) is 4. The van der Waals surface area contributed by atoms with Crippen LogP contribution < -0.4 is 4.90 Å². The van der Waals surface area contributed by atoms with Gasteiger partial charge >= 0.3 is 0 Å². The highest BCUT2D eigenvalue weighted by atomic mass is 35.5. The van der Waals surface area contributed by atoms with E-state index in [1.165, 1.54) is 4.31 Å². The van der Waals surface area contributed by atoms with Gasteiger partial charge in [-0.1, -0.05) is 35.3 Å². The van der Waals surface area contributed by atoms with Crippen LogP contribution in [0.3, 0.4) is 0 Å². The van der Waals surface area contributed by atoms with Gasteiger partial charge in [0.05, 0.1) is 15.8 Å². The molecule has 1 saturated heterocycles. The predicted octanol–water partition coefficient (Wildman–Crippen LogP) is 3.35. The van der Waals surface area contributed by atoms with Crippen molar-refractivity contribution in [3.8, 4) is 0 Å². The first-order chi connectivity index (χ1) is 11.9. The second kappa shape index (κ2) is 7.50. The molecule has 0 atom stereocenters. The van der Waals surface area contributed by atoms with Gasteiger partial charge in [0, 0.05) is 32.4 Å². The van der Waals surface area contributed by atoms with Crippen LogP contribution in [0.4, 0.5) is 5.82 Å². The molecule has 1 aromatic heterocycles. The molecule has 8 heteroatoms. The predicted molar refractivity (Wildman–Crippen MR) is 102 cm³/mol. The Bertz CT molecular complexity index is 866. The quantitative estimate of drug-likeness (QED) is 0.790. The van der Waals surface area contributed by atoms with Gasteiger partial charge in [-0.25, -0.2) is 13.4 Å². The summed E-state index contributed by atoms with van der Waals surface area (Å²) in [5, 5.41) is 0.784. The van der Waals surface area contributed by atoms with Crippen LogP contribution in [0.25, 0.3) is 0 Å². The first-order valence-corrected chi connectivity index (χ1v) is 10.3. The Kier molecular flexibility index (Phi) is 5.53. The largest absolute Gasteiger partial charge is 0.354 e. The number of halogens is 2. The Morgan fingerprint density at radius 1 is 1.08 bits per heavy atom. The maximum Gasteiger partial charge on any atom is 0.218 e. The van der Waals surface area contributed by atoms with Crippen molar-refractivity contribution < 1.29 is 8.42 Å². The lowest BCUT2D eigenvalue weighted by molar-refractivity contribution is 0.383. The molecular weight excluding hydrogens is 381 g/mol. The van der Waals surface area contributed by atoms with E-state index in [0.29, 0.717) is 41.8 Å². The summed E-state index contributed by atoms with van der Waals surface area (Å²) in [4.78, 5) is 6.53. The van der Waals surface area contributed by atoms with E-state index >= 15 is 0 Å². The fourth-order valence-corrected chi connectivity index (χ4v) is 4.74. The lowest BCUT2D eigenvalue weighted by Crippen LogP contribution is -2.49. The summed E-state index contributed by atoms with van der Waals surface area (Å²) in [6, 6.07) is 8.83. The summed E-state index contributed by atoms with van der Waals surface area (Å²) < 4.78 is 26.9. The zero-order valence-electron chi connectivity index (χ0n) is 13.8. The van der Waals surface area contributed by atoms with Crippen LogP contribution in [0.2, 0.25) is 10.0 Å². The van der Waals surface area contributed by atoms with E-state index in [1.807, 2.05) is 19.1 Å². The first-order valence-electron chi connectivity index (χ1n) is 7.95. The lowest BCUT2D eigenvalue weighted by atomic mass is 10.2. The number of nitrogens with zero attached hydrogens (tertiary/aromatic N) is 3. The molecule has 1 fully saturated rings. The van der Waals surface area contributed by atoms with Crippen LogP contribution in [-0.2, 0) is 15.8 Å². The van der Waals surface area contributed by atoms with E-state index in [2.05, 4.69) is 9.88 Å². The van der Waals surface area contributed by atoms with E-state index in [1.54, 1.807) is 24.4 Å². The van der Waals surface area contributed by atoms with E-state index in [0.717, 1.165) is 11.4 Å². The average molecular weight is 400 g/mol. The molecule has 1 aliphatic rings. The van der Waals surface area contributed by atoms with Crippen LogP contribution in [0.15, 0.2) is 36.5 Å². The summed E-state index contributed by atoms with van der Waals surface area (Å²) in [5.41, 5.74) is 1.73. The van der Waals surface area contributed by atoms with Crippen LogP contribution in [0, 0.1) is 6.92 Å². The minimum atomic E-state index is -3.40. The molecule has 0 saturated carbocycles. The Labute approximate surface area is 158 Å². The molecule has 134 valence electrons. The number of sulfonamides is 1. The summed E-state index contributed by atoms with van der Waals surface area (Å²) >= 11 is 11.9. The highest BCUT2D eigenvalue weighted by Crippen LogP contribution is 2.25. The molecule has 0 aliphatic carbocycles. The summed E-state index contributed by atoms with van der Waals surface area (Å²) in [5.74, 6) is 0.844. The topological polar surface area (TPSA) is 53.5 Å². The fourth-order valence-electron chi connectivity index (χ4n) is 2.92. The van der Waals surface area contributed by atoms with Crippen molar-refractivity contribution in [2.45, 2.75) is 12.7 Å². The third-order valence-corrected chi connectivity index (χ3v) is 6.84. The van der Waals surface area contributed by atoms with E-state index in [9.17, 15) is 8.42 Å². The van der Waals surface area contributed by atoms with Gasteiger partial charge in [0.15, 0.2) is 0 Å².